The fourth-order valence-corrected chi connectivity index (χ4v) is 3.64. The average Bonchev–Trinajstić information content (AvgIpc) is 3.11. The molecular weight excluding hydrogens is 427 g/mol. The first-order chi connectivity index (χ1) is 13.6. The van der Waals surface area contributed by atoms with Crippen LogP contribution < -0.4 is 15.8 Å². The van der Waals surface area contributed by atoms with Crippen molar-refractivity contribution >= 4 is 27.3 Å². The van der Waals surface area contributed by atoms with Gasteiger partial charge in [-0.1, -0.05) is 12.1 Å². The summed E-state index contributed by atoms with van der Waals surface area (Å²) in [6, 6.07) is 6.28. The van der Waals surface area contributed by atoms with Gasteiger partial charge in [0.2, 0.25) is 10.0 Å². The summed E-state index contributed by atoms with van der Waals surface area (Å²) in [5.74, 6) is 0.543. The Bertz CT molecular complexity index is 925. The third-order valence-electron chi connectivity index (χ3n) is 3.74. The number of rotatable bonds is 8. The lowest BCUT2D eigenvalue weighted by molar-refractivity contribution is -0.140. The molecule has 1 aromatic carbocycles. The summed E-state index contributed by atoms with van der Waals surface area (Å²) in [6.07, 6.45) is -3.50. The van der Waals surface area contributed by atoms with Gasteiger partial charge in [-0.3, -0.25) is 4.99 Å². The number of aliphatic imine (C=N–C) groups is 1. The van der Waals surface area contributed by atoms with Crippen LogP contribution in [-0.2, 0) is 29.0 Å². The van der Waals surface area contributed by atoms with Gasteiger partial charge in [0.25, 0.3) is 0 Å². The van der Waals surface area contributed by atoms with Crippen LogP contribution in [-0.4, -0.2) is 39.0 Å². The van der Waals surface area contributed by atoms with Crippen LogP contribution in [0.15, 0.2) is 39.5 Å². The molecule has 12 heteroatoms. The minimum absolute atomic E-state index is 0.0555. The first-order valence-electron chi connectivity index (χ1n) is 8.75. The molecule has 4 N–H and O–H groups in total. The van der Waals surface area contributed by atoms with E-state index in [0.717, 1.165) is 22.3 Å². The van der Waals surface area contributed by atoms with Crippen molar-refractivity contribution in [1.82, 2.24) is 15.6 Å². The SMILES string of the molecule is CCNC(=NCCc1nc(C(F)(F)F)cs1)NCCc1ccc(S(N)(=O)=O)cc1. The number of aromatic nitrogens is 1. The number of halogens is 3. The number of nitrogens with zero attached hydrogens (tertiary/aromatic N) is 2. The van der Waals surface area contributed by atoms with Gasteiger partial charge in [0.1, 0.15) is 0 Å². The second kappa shape index (κ2) is 10.0. The van der Waals surface area contributed by atoms with Crippen molar-refractivity contribution in [1.29, 1.82) is 0 Å². The van der Waals surface area contributed by atoms with Crippen LogP contribution in [0.25, 0.3) is 0 Å². The highest BCUT2D eigenvalue weighted by Gasteiger charge is 2.33. The van der Waals surface area contributed by atoms with Gasteiger partial charge in [-0.25, -0.2) is 18.5 Å². The monoisotopic (exact) mass is 449 g/mol. The standard InChI is InChI=1S/C17H22F3N5O2S2/c1-2-22-16(24-10-8-15-25-14(11-28-15)17(18,19)20)23-9-7-12-3-5-13(6-4-12)29(21,26)27/h3-6,11H,2,7-10H2,1H3,(H2,21,26,27)(H2,22,23,24). The number of thiazole rings is 1. The second-order valence-electron chi connectivity index (χ2n) is 6.00. The maximum absolute atomic E-state index is 12.6. The first-order valence-corrected chi connectivity index (χ1v) is 11.2. The van der Waals surface area contributed by atoms with E-state index in [-0.39, 0.29) is 4.90 Å². The molecule has 7 nitrogen and oxygen atoms in total. The van der Waals surface area contributed by atoms with Gasteiger partial charge in [-0.15, -0.1) is 11.3 Å². The van der Waals surface area contributed by atoms with Crippen molar-refractivity contribution < 1.29 is 21.6 Å². The smallest absolute Gasteiger partial charge is 0.357 e. The van der Waals surface area contributed by atoms with Crippen LogP contribution in [0.3, 0.4) is 0 Å². The van der Waals surface area contributed by atoms with Crippen LogP contribution in [0, 0.1) is 0 Å². The van der Waals surface area contributed by atoms with E-state index in [1.165, 1.54) is 12.1 Å². The molecule has 1 heterocycles. The highest BCUT2D eigenvalue weighted by molar-refractivity contribution is 7.89. The predicted octanol–water partition coefficient (Wildman–Crippen LogP) is 2.15. The molecule has 2 rings (SSSR count). The average molecular weight is 450 g/mol. The zero-order valence-corrected chi connectivity index (χ0v) is 17.3. The van der Waals surface area contributed by atoms with Gasteiger partial charge >= 0.3 is 6.18 Å². The molecule has 0 aliphatic rings. The van der Waals surface area contributed by atoms with Crippen molar-refractivity contribution in [2.24, 2.45) is 10.1 Å². The molecule has 0 radical (unpaired) electrons. The lowest BCUT2D eigenvalue weighted by Crippen LogP contribution is -2.38. The molecule has 0 spiro atoms. The van der Waals surface area contributed by atoms with Crippen molar-refractivity contribution in [3.05, 3.63) is 45.9 Å². The molecule has 0 unspecified atom stereocenters. The number of hydrogen-bond donors (Lipinski definition) is 3. The van der Waals surface area contributed by atoms with Crippen molar-refractivity contribution in [3.8, 4) is 0 Å². The quantitative estimate of drug-likeness (QED) is 0.423. The van der Waals surface area contributed by atoms with Gasteiger partial charge in [0, 0.05) is 31.4 Å². The van der Waals surface area contributed by atoms with Gasteiger partial charge in [-0.05, 0) is 31.0 Å². The van der Waals surface area contributed by atoms with Crippen LogP contribution in [0.5, 0.6) is 0 Å². The van der Waals surface area contributed by atoms with E-state index in [1.54, 1.807) is 12.1 Å². The van der Waals surface area contributed by atoms with E-state index in [1.807, 2.05) is 6.92 Å². The maximum Gasteiger partial charge on any atom is 0.434 e. The molecule has 1 aromatic heterocycles. The molecule has 0 saturated heterocycles. The zero-order chi connectivity index (χ0) is 21.5. The molecule has 2 aromatic rings. The van der Waals surface area contributed by atoms with Crippen LogP contribution in [0.1, 0.15) is 23.2 Å². The molecule has 0 aliphatic heterocycles. The number of primary sulfonamides is 1. The van der Waals surface area contributed by atoms with Gasteiger partial charge in [0.15, 0.2) is 11.7 Å². The van der Waals surface area contributed by atoms with Crippen molar-refractivity contribution in [2.75, 3.05) is 19.6 Å². The Morgan fingerprint density at radius 3 is 2.45 bits per heavy atom. The van der Waals surface area contributed by atoms with Crippen LogP contribution >= 0.6 is 11.3 Å². The third-order valence-corrected chi connectivity index (χ3v) is 5.58. The Labute approximate surface area is 171 Å². The molecule has 0 aliphatic carbocycles. The van der Waals surface area contributed by atoms with Crippen molar-refractivity contribution in [3.63, 3.8) is 0 Å². The minimum atomic E-state index is -4.43. The fourth-order valence-electron chi connectivity index (χ4n) is 2.33. The number of nitrogens with two attached hydrogens (primary N) is 1. The van der Waals surface area contributed by atoms with Crippen LogP contribution in [0.2, 0.25) is 0 Å². The second-order valence-corrected chi connectivity index (χ2v) is 8.50. The Morgan fingerprint density at radius 2 is 1.90 bits per heavy atom. The summed E-state index contributed by atoms with van der Waals surface area (Å²) >= 11 is 0.966. The molecule has 0 bridgehead atoms. The van der Waals surface area contributed by atoms with Crippen LogP contribution in [0.4, 0.5) is 13.2 Å². The molecule has 0 saturated carbocycles. The molecular formula is C17H22F3N5O2S2. The number of hydrogen-bond acceptors (Lipinski definition) is 5. The molecule has 0 fully saturated rings. The summed E-state index contributed by atoms with van der Waals surface area (Å²) in [4.78, 5) is 7.98. The Hall–Kier alpha value is -2.18. The largest absolute Gasteiger partial charge is 0.434 e. The lowest BCUT2D eigenvalue weighted by atomic mass is 10.1. The zero-order valence-electron chi connectivity index (χ0n) is 15.7. The molecule has 160 valence electrons. The van der Waals surface area contributed by atoms with E-state index in [2.05, 4.69) is 20.6 Å². The van der Waals surface area contributed by atoms with E-state index >= 15 is 0 Å². The van der Waals surface area contributed by atoms with Gasteiger partial charge in [0.05, 0.1) is 9.90 Å². The number of sulfonamides is 1. The lowest BCUT2D eigenvalue weighted by Gasteiger charge is -2.11. The summed E-state index contributed by atoms with van der Waals surface area (Å²) in [5, 5.41) is 12.6. The normalized spacial score (nSPS) is 12.8. The summed E-state index contributed by atoms with van der Waals surface area (Å²) < 4.78 is 60.2. The number of nitrogens with one attached hydrogen (secondary N) is 2. The summed E-state index contributed by atoms with van der Waals surface area (Å²) in [6.45, 7) is 3.36. The summed E-state index contributed by atoms with van der Waals surface area (Å²) in [7, 11) is -3.71. The van der Waals surface area contributed by atoms with E-state index in [4.69, 9.17) is 5.14 Å². The topological polar surface area (TPSA) is 109 Å². The van der Waals surface area contributed by atoms with E-state index in [9.17, 15) is 21.6 Å². The molecule has 0 atom stereocenters. The highest BCUT2D eigenvalue weighted by atomic mass is 32.2. The Balaban J connectivity index is 1.85. The van der Waals surface area contributed by atoms with Gasteiger partial charge in [-0.2, -0.15) is 13.2 Å². The Morgan fingerprint density at radius 1 is 1.21 bits per heavy atom. The minimum Gasteiger partial charge on any atom is -0.357 e. The third kappa shape index (κ3) is 7.63. The molecule has 0 amide bonds. The number of benzene rings is 1. The maximum atomic E-state index is 12.6. The van der Waals surface area contributed by atoms with Gasteiger partial charge < -0.3 is 10.6 Å². The number of guanidine groups is 1. The Kier molecular flexibility index (Phi) is 7.99. The van der Waals surface area contributed by atoms with E-state index in [0.29, 0.717) is 43.4 Å². The van der Waals surface area contributed by atoms with E-state index < -0.39 is 21.9 Å². The first kappa shape index (κ1) is 23.1. The van der Waals surface area contributed by atoms with Crippen molar-refractivity contribution in [2.45, 2.75) is 30.8 Å². The predicted molar refractivity (Wildman–Crippen MR) is 106 cm³/mol. The highest BCUT2D eigenvalue weighted by Crippen LogP contribution is 2.30. The molecule has 29 heavy (non-hydrogen) atoms. The fraction of sp³-hybridized carbons (Fsp3) is 0.412. The number of alkyl halides is 3. The summed E-state index contributed by atoms with van der Waals surface area (Å²) in [5.41, 5.74) is 0.0446.